The molecule has 1 aromatic carbocycles. The van der Waals surface area contributed by atoms with Crippen molar-refractivity contribution in [2.45, 2.75) is 19.4 Å². The van der Waals surface area contributed by atoms with Crippen molar-refractivity contribution < 1.29 is 14.1 Å². The number of carbonyl (C=O) groups is 1. The van der Waals surface area contributed by atoms with Crippen LogP contribution >= 0.6 is 0 Å². The van der Waals surface area contributed by atoms with Crippen molar-refractivity contribution in [1.29, 1.82) is 0 Å². The molecule has 3 aromatic rings. The van der Waals surface area contributed by atoms with Gasteiger partial charge >= 0.3 is 0 Å². The molecule has 8 heteroatoms. The fourth-order valence-electron chi connectivity index (χ4n) is 3.07. The highest BCUT2D eigenvalue weighted by molar-refractivity contribution is 5.76. The van der Waals surface area contributed by atoms with Crippen LogP contribution < -0.4 is 10.2 Å². The van der Waals surface area contributed by atoms with E-state index in [1.165, 1.54) is 0 Å². The molecule has 2 aromatic heterocycles. The van der Waals surface area contributed by atoms with E-state index in [1.54, 1.807) is 6.20 Å². The van der Waals surface area contributed by atoms with Crippen LogP contribution in [0.2, 0.25) is 0 Å². The van der Waals surface area contributed by atoms with E-state index < -0.39 is 0 Å². The molecule has 0 unspecified atom stereocenters. The second-order valence-electron chi connectivity index (χ2n) is 6.78. The molecule has 4 rings (SSSR count). The lowest BCUT2D eigenvalue weighted by Gasteiger charge is -2.27. The van der Waals surface area contributed by atoms with E-state index in [4.69, 9.17) is 9.26 Å². The first kappa shape index (κ1) is 19.1. The van der Waals surface area contributed by atoms with Crippen LogP contribution in [0, 0.1) is 0 Å². The number of carbonyl (C=O) groups excluding carboxylic acids is 1. The van der Waals surface area contributed by atoms with Gasteiger partial charge in [-0.15, -0.1) is 0 Å². The maximum atomic E-state index is 12.1. The SMILES string of the molecule is O=C(CCc1nc(-c2ccccc2)no1)NCc1ccc(N2CCOCC2)nc1. The molecular weight excluding hydrogens is 370 g/mol. The number of benzene rings is 1. The van der Waals surface area contributed by atoms with Crippen molar-refractivity contribution in [1.82, 2.24) is 20.4 Å². The summed E-state index contributed by atoms with van der Waals surface area (Å²) in [5.41, 5.74) is 1.85. The topological polar surface area (TPSA) is 93.4 Å². The van der Waals surface area contributed by atoms with E-state index in [1.807, 2.05) is 42.5 Å². The van der Waals surface area contributed by atoms with E-state index in [9.17, 15) is 4.79 Å². The molecule has 1 N–H and O–H groups in total. The lowest BCUT2D eigenvalue weighted by Crippen LogP contribution is -2.36. The Balaban J connectivity index is 1.22. The average molecular weight is 393 g/mol. The fraction of sp³-hybridized carbons (Fsp3) is 0.333. The lowest BCUT2D eigenvalue weighted by molar-refractivity contribution is -0.121. The minimum atomic E-state index is -0.0679. The molecule has 150 valence electrons. The number of rotatable bonds is 7. The van der Waals surface area contributed by atoms with Crippen molar-refractivity contribution in [3.63, 3.8) is 0 Å². The van der Waals surface area contributed by atoms with Crippen LogP contribution in [0.3, 0.4) is 0 Å². The molecular formula is C21H23N5O3. The number of nitrogens with one attached hydrogen (secondary N) is 1. The number of amides is 1. The first-order valence-corrected chi connectivity index (χ1v) is 9.70. The zero-order chi connectivity index (χ0) is 19.9. The van der Waals surface area contributed by atoms with Gasteiger partial charge in [-0.2, -0.15) is 4.98 Å². The van der Waals surface area contributed by atoms with Crippen molar-refractivity contribution in [2.75, 3.05) is 31.2 Å². The Hall–Kier alpha value is -3.26. The Morgan fingerprint density at radius 3 is 2.69 bits per heavy atom. The third-order valence-corrected chi connectivity index (χ3v) is 4.70. The molecule has 0 radical (unpaired) electrons. The van der Waals surface area contributed by atoms with Gasteiger partial charge in [0.2, 0.25) is 17.6 Å². The largest absolute Gasteiger partial charge is 0.378 e. The molecule has 0 atom stereocenters. The monoisotopic (exact) mass is 393 g/mol. The molecule has 1 fully saturated rings. The molecule has 0 bridgehead atoms. The highest BCUT2D eigenvalue weighted by Gasteiger charge is 2.13. The van der Waals surface area contributed by atoms with Gasteiger partial charge in [-0.05, 0) is 11.6 Å². The first-order valence-electron chi connectivity index (χ1n) is 9.70. The molecule has 0 aliphatic carbocycles. The highest BCUT2D eigenvalue weighted by atomic mass is 16.5. The van der Waals surface area contributed by atoms with Crippen LogP contribution in [0.5, 0.6) is 0 Å². The van der Waals surface area contributed by atoms with Crippen LogP contribution in [0.25, 0.3) is 11.4 Å². The number of nitrogens with zero attached hydrogens (tertiary/aromatic N) is 4. The van der Waals surface area contributed by atoms with E-state index >= 15 is 0 Å². The minimum absolute atomic E-state index is 0.0679. The van der Waals surface area contributed by atoms with Gasteiger partial charge < -0.3 is 19.5 Å². The van der Waals surface area contributed by atoms with Gasteiger partial charge in [0.1, 0.15) is 5.82 Å². The molecule has 1 amide bonds. The zero-order valence-corrected chi connectivity index (χ0v) is 16.1. The number of hydrogen-bond donors (Lipinski definition) is 1. The molecule has 29 heavy (non-hydrogen) atoms. The highest BCUT2D eigenvalue weighted by Crippen LogP contribution is 2.15. The molecule has 1 aliphatic heterocycles. The summed E-state index contributed by atoms with van der Waals surface area (Å²) < 4.78 is 10.6. The molecule has 1 aliphatic rings. The smallest absolute Gasteiger partial charge is 0.227 e. The molecule has 0 spiro atoms. The number of aryl methyl sites for hydroxylation is 1. The Morgan fingerprint density at radius 2 is 1.93 bits per heavy atom. The number of morpholine rings is 1. The number of ether oxygens (including phenoxy) is 1. The quantitative estimate of drug-likeness (QED) is 0.658. The van der Waals surface area contributed by atoms with E-state index in [-0.39, 0.29) is 12.3 Å². The van der Waals surface area contributed by atoms with Gasteiger partial charge in [-0.1, -0.05) is 41.6 Å². The number of hydrogen-bond acceptors (Lipinski definition) is 7. The van der Waals surface area contributed by atoms with E-state index in [0.29, 0.717) is 24.7 Å². The van der Waals surface area contributed by atoms with Gasteiger partial charge in [0.05, 0.1) is 13.2 Å². The lowest BCUT2D eigenvalue weighted by atomic mass is 10.2. The van der Waals surface area contributed by atoms with Crippen molar-refractivity contribution >= 4 is 11.7 Å². The van der Waals surface area contributed by atoms with Crippen LogP contribution in [0.15, 0.2) is 53.2 Å². The third kappa shape index (κ3) is 5.17. The molecule has 0 saturated carbocycles. The van der Waals surface area contributed by atoms with Crippen molar-refractivity contribution in [3.8, 4) is 11.4 Å². The predicted octanol–water partition coefficient (Wildman–Crippen LogP) is 2.22. The van der Waals surface area contributed by atoms with Crippen LogP contribution in [0.4, 0.5) is 5.82 Å². The Morgan fingerprint density at radius 1 is 1.10 bits per heavy atom. The Labute approximate surface area is 168 Å². The summed E-state index contributed by atoms with van der Waals surface area (Å²) in [7, 11) is 0. The number of aromatic nitrogens is 3. The Bertz CT molecular complexity index is 921. The summed E-state index contributed by atoms with van der Waals surface area (Å²) in [6.07, 6.45) is 2.49. The van der Waals surface area contributed by atoms with E-state index in [2.05, 4.69) is 25.3 Å². The molecule has 8 nitrogen and oxygen atoms in total. The summed E-state index contributed by atoms with van der Waals surface area (Å²) >= 11 is 0. The van der Waals surface area contributed by atoms with Crippen LogP contribution in [0.1, 0.15) is 17.9 Å². The summed E-state index contributed by atoms with van der Waals surface area (Å²) in [6, 6.07) is 13.6. The van der Waals surface area contributed by atoms with Crippen LogP contribution in [-0.2, 0) is 22.5 Å². The maximum absolute atomic E-state index is 12.1. The molecule has 3 heterocycles. The van der Waals surface area contributed by atoms with Gasteiger partial charge in [0, 0.05) is 44.2 Å². The Kier molecular flexibility index (Phi) is 6.11. The maximum Gasteiger partial charge on any atom is 0.227 e. The summed E-state index contributed by atoms with van der Waals surface area (Å²) in [5, 5.41) is 6.87. The van der Waals surface area contributed by atoms with Gasteiger partial charge in [-0.25, -0.2) is 4.98 Å². The average Bonchev–Trinajstić information content (AvgIpc) is 3.27. The van der Waals surface area contributed by atoms with Gasteiger partial charge in [0.25, 0.3) is 0 Å². The first-order chi connectivity index (χ1) is 14.3. The standard InChI is InChI=1S/C21H23N5O3/c27-19(8-9-20-24-21(25-29-20)17-4-2-1-3-5-17)23-15-16-6-7-18(22-14-16)26-10-12-28-13-11-26/h1-7,14H,8-13,15H2,(H,23,27). The minimum Gasteiger partial charge on any atom is -0.378 e. The van der Waals surface area contributed by atoms with Crippen LogP contribution in [-0.4, -0.2) is 47.3 Å². The van der Waals surface area contributed by atoms with Gasteiger partial charge in [-0.3, -0.25) is 4.79 Å². The zero-order valence-electron chi connectivity index (χ0n) is 16.1. The second kappa shape index (κ2) is 9.29. The molecule has 1 saturated heterocycles. The number of pyridine rings is 1. The third-order valence-electron chi connectivity index (χ3n) is 4.70. The van der Waals surface area contributed by atoms with Crippen molar-refractivity contribution in [3.05, 3.63) is 60.1 Å². The number of anilines is 1. The fourth-order valence-corrected chi connectivity index (χ4v) is 3.07. The van der Waals surface area contributed by atoms with Crippen molar-refractivity contribution in [2.24, 2.45) is 0 Å². The predicted molar refractivity (Wildman–Crippen MR) is 107 cm³/mol. The summed E-state index contributed by atoms with van der Waals surface area (Å²) in [4.78, 5) is 23.2. The summed E-state index contributed by atoms with van der Waals surface area (Å²) in [5.74, 6) is 1.86. The summed E-state index contributed by atoms with van der Waals surface area (Å²) in [6.45, 7) is 3.60. The normalized spacial score (nSPS) is 14.0. The van der Waals surface area contributed by atoms with Gasteiger partial charge in [0.15, 0.2) is 0 Å². The van der Waals surface area contributed by atoms with E-state index in [0.717, 1.165) is 43.2 Å². The second-order valence-corrected chi connectivity index (χ2v) is 6.78.